The lowest BCUT2D eigenvalue weighted by Gasteiger charge is -2.08. The average molecular weight is 414 g/mol. The number of hydrogen-bond acceptors (Lipinski definition) is 6. The van der Waals surface area contributed by atoms with Gasteiger partial charge in [0.2, 0.25) is 11.8 Å². The molecule has 3 rings (SSSR count). The number of halogens is 1. The van der Waals surface area contributed by atoms with Crippen LogP contribution < -0.4 is 10.6 Å². The van der Waals surface area contributed by atoms with Gasteiger partial charge in [-0.2, -0.15) is 0 Å². The summed E-state index contributed by atoms with van der Waals surface area (Å²) in [5.74, 6) is -1.14. The molecule has 150 valence electrons. The molecule has 0 atom stereocenters. The van der Waals surface area contributed by atoms with Crippen molar-refractivity contribution in [1.29, 1.82) is 0 Å². The molecule has 0 unspecified atom stereocenters. The lowest BCUT2D eigenvalue weighted by Crippen LogP contribution is -2.23. The second-order valence-electron chi connectivity index (χ2n) is 6.28. The zero-order valence-electron chi connectivity index (χ0n) is 15.9. The molecular formula is C20H19FN4O3S. The fourth-order valence-electron chi connectivity index (χ4n) is 2.53. The van der Waals surface area contributed by atoms with Crippen LogP contribution in [0.15, 0.2) is 52.1 Å². The molecular weight excluding hydrogens is 395 g/mol. The number of nitrogens with one attached hydrogen (secondary N) is 2. The lowest BCUT2D eigenvalue weighted by molar-refractivity contribution is -0.113. The van der Waals surface area contributed by atoms with Crippen LogP contribution >= 0.6 is 11.8 Å². The van der Waals surface area contributed by atoms with Crippen molar-refractivity contribution in [3.63, 3.8) is 0 Å². The molecule has 0 radical (unpaired) electrons. The number of carbonyl (C=O) groups is 2. The highest BCUT2D eigenvalue weighted by Gasteiger charge is 2.14. The van der Waals surface area contributed by atoms with Crippen molar-refractivity contribution in [3.8, 4) is 0 Å². The van der Waals surface area contributed by atoms with Gasteiger partial charge >= 0.3 is 0 Å². The quantitative estimate of drug-likeness (QED) is 0.575. The summed E-state index contributed by atoms with van der Waals surface area (Å²) in [4.78, 5) is 24.1. The Morgan fingerprint density at radius 2 is 1.93 bits per heavy atom. The van der Waals surface area contributed by atoms with E-state index in [4.69, 9.17) is 4.42 Å². The number of hydrogen-bond donors (Lipinski definition) is 2. The second-order valence-corrected chi connectivity index (χ2v) is 7.21. The number of thioether (sulfide) groups is 1. The van der Waals surface area contributed by atoms with Crippen LogP contribution in [0.4, 0.5) is 10.1 Å². The number of amides is 2. The molecule has 2 amide bonds. The summed E-state index contributed by atoms with van der Waals surface area (Å²) in [6.45, 7) is 3.87. The third-order valence-electron chi connectivity index (χ3n) is 3.95. The van der Waals surface area contributed by atoms with Gasteiger partial charge in [-0.05, 0) is 37.6 Å². The van der Waals surface area contributed by atoms with E-state index in [1.54, 1.807) is 6.07 Å². The number of aromatic nitrogens is 2. The first-order valence-electron chi connectivity index (χ1n) is 8.77. The van der Waals surface area contributed by atoms with Gasteiger partial charge in [0.05, 0.1) is 17.9 Å². The van der Waals surface area contributed by atoms with Crippen LogP contribution in [0.3, 0.4) is 0 Å². The van der Waals surface area contributed by atoms with Crippen LogP contribution in [-0.2, 0) is 11.3 Å². The molecule has 0 bridgehead atoms. The minimum Gasteiger partial charge on any atom is -0.414 e. The van der Waals surface area contributed by atoms with Gasteiger partial charge in [0.1, 0.15) is 5.82 Å². The first kappa shape index (κ1) is 20.5. The number of carbonyl (C=O) groups excluding carboxylic acids is 2. The summed E-state index contributed by atoms with van der Waals surface area (Å²) in [7, 11) is 0. The largest absolute Gasteiger partial charge is 0.414 e. The molecule has 0 aliphatic carbocycles. The zero-order valence-corrected chi connectivity index (χ0v) is 16.7. The molecule has 3 aromatic rings. The van der Waals surface area contributed by atoms with E-state index in [2.05, 4.69) is 20.8 Å². The summed E-state index contributed by atoms with van der Waals surface area (Å²) < 4.78 is 19.0. The van der Waals surface area contributed by atoms with E-state index in [9.17, 15) is 14.0 Å². The van der Waals surface area contributed by atoms with E-state index in [-0.39, 0.29) is 34.9 Å². The summed E-state index contributed by atoms with van der Waals surface area (Å²) in [6.07, 6.45) is 0. The van der Waals surface area contributed by atoms with Gasteiger partial charge in [0, 0.05) is 5.69 Å². The first-order chi connectivity index (χ1) is 13.9. The van der Waals surface area contributed by atoms with Crippen LogP contribution in [0.1, 0.15) is 27.4 Å². The van der Waals surface area contributed by atoms with Crippen molar-refractivity contribution >= 4 is 29.3 Å². The molecule has 1 aromatic heterocycles. The number of nitrogens with zero attached hydrogens (tertiary/aromatic N) is 2. The third kappa shape index (κ3) is 5.64. The van der Waals surface area contributed by atoms with Crippen LogP contribution in [0, 0.1) is 19.7 Å². The summed E-state index contributed by atoms with van der Waals surface area (Å²) >= 11 is 1.09. The highest BCUT2D eigenvalue weighted by molar-refractivity contribution is 7.99. The first-order valence-corrected chi connectivity index (χ1v) is 9.76. The van der Waals surface area contributed by atoms with Gasteiger partial charge < -0.3 is 15.1 Å². The molecule has 2 aromatic carbocycles. The summed E-state index contributed by atoms with van der Waals surface area (Å²) in [5.41, 5.74) is 2.79. The highest BCUT2D eigenvalue weighted by Crippen LogP contribution is 2.19. The monoisotopic (exact) mass is 414 g/mol. The van der Waals surface area contributed by atoms with E-state index in [0.29, 0.717) is 0 Å². The van der Waals surface area contributed by atoms with Crippen LogP contribution in [0.25, 0.3) is 0 Å². The SMILES string of the molecule is Cc1ccc(NC(=O)CSc2nnc(CNC(=O)c3ccccc3F)o2)c(C)c1. The number of benzene rings is 2. The Hall–Kier alpha value is -3.20. The Balaban J connectivity index is 1.48. The lowest BCUT2D eigenvalue weighted by atomic mass is 10.1. The molecule has 29 heavy (non-hydrogen) atoms. The maximum Gasteiger partial charge on any atom is 0.277 e. The van der Waals surface area contributed by atoms with Crippen LogP contribution in [0.5, 0.6) is 0 Å². The molecule has 7 nitrogen and oxygen atoms in total. The molecule has 0 aliphatic heterocycles. The number of anilines is 1. The smallest absolute Gasteiger partial charge is 0.277 e. The Bertz CT molecular complexity index is 1040. The van der Waals surface area contributed by atoms with Crippen molar-refractivity contribution in [2.45, 2.75) is 25.6 Å². The Morgan fingerprint density at radius 3 is 2.69 bits per heavy atom. The molecule has 0 fully saturated rings. The minimum atomic E-state index is -0.610. The van der Waals surface area contributed by atoms with Gasteiger partial charge in [-0.25, -0.2) is 4.39 Å². The maximum absolute atomic E-state index is 13.6. The van der Waals surface area contributed by atoms with Crippen LogP contribution in [-0.4, -0.2) is 27.8 Å². The molecule has 0 saturated carbocycles. The summed E-state index contributed by atoms with van der Waals surface area (Å²) in [5, 5.41) is 13.2. The van der Waals surface area contributed by atoms with Crippen molar-refractivity contribution in [3.05, 3.63) is 70.9 Å². The Morgan fingerprint density at radius 1 is 1.14 bits per heavy atom. The van der Waals surface area contributed by atoms with Gasteiger partial charge in [-0.15, -0.1) is 10.2 Å². The van der Waals surface area contributed by atoms with E-state index < -0.39 is 11.7 Å². The highest BCUT2D eigenvalue weighted by atomic mass is 32.2. The number of aryl methyl sites for hydroxylation is 2. The van der Waals surface area contributed by atoms with Crippen molar-refractivity contribution in [2.75, 3.05) is 11.1 Å². The van der Waals surface area contributed by atoms with E-state index in [1.807, 2.05) is 32.0 Å². The molecule has 2 N–H and O–H groups in total. The van der Waals surface area contributed by atoms with Crippen molar-refractivity contribution < 1.29 is 18.4 Å². The Labute approximate surface area is 171 Å². The fraction of sp³-hybridized carbons (Fsp3) is 0.200. The van der Waals surface area contributed by atoms with Crippen molar-refractivity contribution in [2.24, 2.45) is 0 Å². The second kappa shape index (κ2) is 9.33. The van der Waals surface area contributed by atoms with Gasteiger partial charge in [-0.3, -0.25) is 9.59 Å². The average Bonchev–Trinajstić information content (AvgIpc) is 3.15. The standard InChI is InChI=1S/C20H19FN4O3S/c1-12-7-8-16(13(2)9-12)23-17(26)11-29-20-25-24-18(28-20)10-22-19(27)14-5-3-4-6-15(14)21/h3-9H,10-11H2,1-2H3,(H,22,27)(H,23,26). The van der Waals surface area contributed by atoms with Gasteiger partial charge in [-0.1, -0.05) is 41.6 Å². The molecule has 0 aliphatic rings. The fourth-order valence-corrected chi connectivity index (χ4v) is 3.11. The zero-order chi connectivity index (χ0) is 20.8. The molecule has 9 heteroatoms. The van der Waals surface area contributed by atoms with E-state index in [1.165, 1.54) is 18.2 Å². The Kier molecular flexibility index (Phi) is 6.61. The van der Waals surface area contributed by atoms with E-state index in [0.717, 1.165) is 28.6 Å². The topological polar surface area (TPSA) is 97.1 Å². The normalized spacial score (nSPS) is 10.6. The summed E-state index contributed by atoms with van der Waals surface area (Å²) in [6, 6.07) is 11.4. The third-order valence-corrected chi connectivity index (χ3v) is 4.77. The number of rotatable bonds is 7. The van der Waals surface area contributed by atoms with E-state index >= 15 is 0 Å². The maximum atomic E-state index is 13.6. The molecule has 1 heterocycles. The predicted molar refractivity (Wildman–Crippen MR) is 107 cm³/mol. The van der Waals surface area contributed by atoms with Crippen molar-refractivity contribution in [1.82, 2.24) is 15.5 Å². The molecule has 0 spiro atoms. The van der Waals surface area contributed by atoms with Crippen LogP contribution in [0.2, 0.25) is 0 Å². The van der Waals surface area contributed by atoms with Gasteiger partial charge in [0.25, 0.3) is 11.1 Å². The van der Waals surface area contributed by atoms with Gasteiger partial charge in [0.15, 0.2) is 0 Å². The molecule has 0 saturated heterocycles. The predicted octanol–water partition coefficient (Wildman–Crippen LogP) is 3.49. The minimum absolute atomic E-state index is 0.0461.